The van der Waals surface area contributed by atoms with E-state index < -0.39 is 9.84 Å². The number of thiophene rings is 1. The lowest BCUT2D eigenvalue weighted by atomic mass is 9.95. The van der Waals surface area contributed by atoms with E-state index in [1.807, 2.05) is 12.1 Å². The van der Waals surface area contributed by atoms with Crippen molar-refractivity contribution < 1.29 is 8.42 Å². The van der Waals surface area contributed by atoms with Gasteiger partial charge in [0, 0.05) is 35.1 Å². The fourth-order valence-corrected chi connectivity index (χ4v) is 7.02. The first-order chi connectivity index (χ1) is 14.0. The Kier molecular flexibility index (Phi) is 4.78. The summed E-state index contributed by atoms with van der Waals surface area (Å²) in [5.74, 6) is 1.52. The second kappa shape index (κ2) is 7.32. The quantitative estimate of drug-likeness (QED) is 0.676. The van der Waals surface area contributed by atoms with E-state index in [4.69, 9.17) is 9.97 Å². The van der Waals surface area contributed by atoms with Crippen LogP contribution in [0.1, 0.15) is 42.5 Å². The lowest BCUT2D eigenvalue weighted by Crippen LogP contribution is -2.34. The van der Waals surface area contributed by atoms with E-state index in [9.17, 15) is 8.42 Å². The van der Waals surface area contributed by atoms with Crippen LogP contribution in [0.5, 0.6) is 0 Å². The standard InChI is InChI=1S/C21H24N4O2S2/c1-29(26,27)15-7-2-6-14(11-15)23-20-18-16-8-3-9-17(16)28-21(18)25-19(24-20)13-5-4-10-22-12-13/h4-5,10,12,14-15H,2-3,6-9,11H2,1H3,(H,23,24,25). The number of hydrogen-bond acceptors (Lipinski definition) is 7. The maximum Gasteiger partial charge on any atom is 0.164 e. The Morgan fingerprint density at radius 2 is 2.07 bits per heavy atom. The Balaban J connectivity index is 1.56. The maximum absolute atomic E-state index is 12.1. The van der Waals surface area contributed by atoms with Crippen LogP contribution in [-0.2, 0) is 22.7 Å². The molecule has 0 aliphatic heterocycles. The first-order valence-corrected chi connectivity index (χ1v) is 12.9. The van der Waals surface area contributed by atoms with Crippen LogP contribution in [0.3, 0.4) is 0 Å². The van der Waals surface area contributed by atoms with Gasteiger partial charge in [-0.3, -0.25) is 4.98 Å². The zero-order valence-electron chi connectivity index (χ0n) is 16.4. The average Bonchev–Trinajstić information content (AvgIpc) is 3.29. The van der Waals surface area contributed by atoms with Crippen molar-refractivity contribution in [2.24, 2.45) is 0 Å². The molecule has 3 heterocycles. The van der Waals surface area contributed by atoms with Crippen LogP contribution >= 0.6 is 11.3 Å². The summed E-state index contributed by atoms with van der Waals surface area (Å²) < 4.78 is 24.2. The molecule has 1 saturated carbocycles. The number of fused-ring (bicyclic) bond motifs is 3. The van der Waals surface area contributed by atoms with Crippen LogP contribution in [-0.4, -0.2) is 40.9 Å². The van der Waals surface area contributed by atoms with Gasteiger partial charge < -0.3 is 5.32 Å². The number of hydrogen-bond donors (Lipinski definition) is 1. The smallest absolute Gasteiger partial charge is 0.164 e. The van der Waals surface area contributed by atoms with Gasteiger partial charge in [-0.15, -0.1) is 11.3 Å². The fraction of sp³-hybridized carbons (Fsp3) is 0.476. The van der Waals surface area contributed by atoms with Gasteiger partial charge in [-0.25, -0.2) is 18.4 Å². The molecule has 0 amide bonds. The van der Waals surface area contributed by atoms with Gasteiger partial charge in [-0.1, -0.05) is 6.42 Å². The van der Waals surface area contributed by atoms with Crippen molar-refractivity contribution in [3.05, 3.63) is 35.0 Å². The molecule has 3 aromatic heterocycles. The zero-order chi connectivity index (χ0) is 20.0. The van der Waals surface area contributed by atoms with E-state index in [2.05, 4.69) is 10.3 Å². The zero-order valence-corrected chi connectivity index (χ0v) is 18.0. The highest BCUT2D eigenvalue weighted by Crippen LogP contribution is 2.41. The third-order valence-electron chi connectivity index (χ3n) is 6.06. The Bertz CT molecular complexity index is 1160. The summed E-state index contributed by atoms with van der Waals surface area (Å²) in [5.41, 5.74) is 2.27. The summed E-state index contributed by atoms with van der Waals surface area (Å²) >= 11 is 1.77. The fourth-order valence-electron chi connectivity index (χ4n) is 4.58. The molecule has 152 valence electrons. The van der Waals surface area contributed by atoms with Gasteiger partial charge in [-0.2, -0.15) is 0 Å². The molecule has 6 nitrogen and oxygen atoms in total. The summed E-state index contributed by atoms with van der Waals surface area (Å²) in [6, 6.07) is 3.97. The Morgan fingerprint density at radius 1 is 1.17 bits per heavy atom. The van der Waals surface area contributed by atoms with Crippen molar-refractivity contribution in [1.82, 2.24) is 15.0 Å². The topological polar surface area (TPSA) is 84.8 Å². The third kappa shape index (κ3) is 3.64. The van der Waals surface area contributed by atoms with Crippen molar-refractivity contribution in [2.75, 3.05) is 11.6 Å². The van der Waals surface area contributed by atoms with E-state index >= 15 is 0 Å². The average molecular weight is 429 g/mol. The predicted molar refractivity (Wildman–Crippen MR) is 117 cm³/mol. The molecular formula is C21H24N4O2S2. The molecule has 2 aliphatic carbocycles. The largest absolute Gasteiger partial charge is 0.367 e. The number of aryl methyl sites for hydroxylation is 2. The lowest BCUT2D eigenvalue weighted by molar-refractivity contribution is 0.452. The van der Waals surface area contributed by atoms with E-state index in [1.165, 1.54) is 23.1 Å². The molecule has 3 aromatic rings. The summed E-state index contributed by atoms with van der Waals surface area (Å²) in [7, 11) is -3.02. The molecule has 8 heteroatoms. The summed E-state index contributed by atoms with van der Waals surface area (Å²) in [4.78, 5) is 16.4. The van der Waals surface area contributed by atoms with Gasteiger partial charge >= 0.3 is 0 Å². The van der Waals surface area contributed by atoms with Crippen LogP contribution < -0.4 is 5.32 Å². The second-order valence-corrected chi connectivity index (χ2v) is 11.5. The minimum Gasteiger partial charge on any atom is -0.367 e. The summed E-state index contributed by atoms with van der Waals surface area (Å²) in [6.45, 7) is 0. The third-order valence-corrected chi connectivity index (χ3v) is 8.88. The molecule has 2 atom stereocenters. The molecule has 1 N–H and O–H groups in total. The Labute approximate surface area is 174 Å². The normalized spacial score (nSPS) is 22.0. The number of anilines is 1. The van der Waals surface area contributed by atoms with Gasteiger partial charge in [0.1, 0.15) is 20.5 Å². The Morgan fingerprint density at radius 3 is 2.86 bits per heavy atom. The van der Waals surface area contributed by atoms with Crippen LogP contribution in [0.25, 0.3) is 21.6 Å². The molecule has 29 heavy (non-hydrogen) atoms. The monoisotopic (exact) mass is 428 g/mol. The van der Waals surface area contributed by atoms with E-state index in [-0.39, 0.29) is 11.3 Å². The minimum absolute atomic E-state index is 0.111. The molecular weight excluding hydrogens is 404 g/mol. The lowest BCUT2D eigenvalue weighted by Gasteiger charge is -2.29. The molecule has 1 fully saturated rings. The summed E-state index contributed by atoms with van der Waals surface area (Å²) in [5, 5.41) is 4.49. The first kappa shape index (κ1) is 18.9. The number of aromatic nitrogens is 3. The molecule has 0 aromatic carbocycles. The van der Waals surface area contributed by atoms with Crippen molar-refractivity contribution in [3.8, 4) is 11.4 Å². The summed E-state index contributed by atoms with van der Waals surface area (Å²) in [6.07, 6.45) is 11.5. The number of nitrogens with zero attached hydrogens (tertiary/aromatic N) is 3. The van der Waals surface area contributed by atoms with Crippen LogP contribution in [0.15, 0.2) is 24.5 Å². The second-order valence-electron chi connectivity index (χ2n) is 8.13. The highest BCUT2D eigenvalue weighted by atomic mass is 32.2. The van der Waals surface area contributed by atoms with Gasteiger partial charge in [-0.05, 0) is 56.2 Å². The van der Waals surface area contributed by atoms with Crippen LogP contribution in [0, 0.1) is 0 Å². The predicted octanol–water partition coefficient (Wildman–Crippen LogP) is 4.01. The van der Waals surface area contributed by atoms with Crippen LogP contribution in [0.2, 0.25) is 0 Å². The first-order valence-electron chi connectivity index (χ1n) is 10.2. The van der Waals surface area contributed by atoms with E-state index in [0.29, 0.717) is 12.2 Å². The van der Waals surface area contributed by atoms with Gasteiger partial charge in [0.2, 0.25) is 0 Å². The number of nitrogens with one attached hydrogen (secondary N) is 1. The molecule has 0 radical (unpaired) electrons. The highest BCUT2D eigenvalue weighted by Gasteiger charge is 2.30. The van der Waals surface area contributed by atoms with Crippen molar-refractivity contribution in [3.63, 3.8) is 0 Å². The SMILES string of the molecule is CS(=O)(=O)C1CCCC(Nc2nc(-c3cccnc3)nc3sc4c(c23)CCC4)C1. The molecule has 2 unspecified atom stereocenters. The number of rotatable bonds is 4. The maximum atomic E-state index is 12.1. The molecule has 5 rings (SSSR count). The van der Waals surface area contributed by atoms with Crippen molar-refractivity contribution >= 4 is 37.2 Å². The van der Waals surface area contributed by atoms with E-state index in [1.54, 1.807) is 23.7 Å². The van der Waals surface area contributed by atoms with Crippen LogP contribution in [0.4, 0.5) is 5.82 Å². The number of pyridine rings is 1. The highest BCUT2D eigenvalue weighted by molar-refractivity contribution is 7.91. The van der Waals surface area contributed by atoms with Crippen molar-refractivity contribution in [1.29, 1.82) is 0 Å². The molecule has 0 saturated heterocycles. The van der Waals surface area contributed by atoms with Gasteiger partial charge in [0.05, 0.1) is 10.6 Å². The number of sulfone groups is 1. The minimum atomic E-state index is -3.02. The van der Waals surface area contributed by atoms with Gasteiger partial charge in [0.15, 0.2) is 5.82 Å². The molecule has 2 aliphatic rings. The Hall–Kier alpha value is -2.06. The molecule has 0 bridgehead atoms. The van der Waals surface area contributed by atoms with Gasteiger partial charge in [0.25, 0.3) is 0 Å². The van der Waals surface area contributed by atoms with Crippen molar-refractivity contribution in [2.45, 2.75) is 56.2 Å². The molecule has 0 spiro atoms. The van der Waals surface area contributed by atoms with E-state index in [0.717, 1.165) is 53.7 Å².